The van der Waals surface area contributed by atoms with E-state index in [0.717, 1.165) is 9.87 Å². The van der Waals surface area contributed by atoms with Crippen molar-refractivity contribution in [1.29, 1.82) is 0 Å². The third kappa shape index (κ3) is 6.13. The quantitative estimate of drug-likeness (QED) is 0.665. The number of nitrogens with zero attached hydrogens (tertiary/aromatic N) is 1. The highest BCUT2D eigenvalue weighted by Gasteiger charge is 2.21. The number of esters is 1. The summed E-state index contributed by atoms with van der Waals surface area (Å²) in [6.45, 7) is 3.39. The van der Waals surface area contributed by atoms with Gasteiger partial charge < -0.3 is 10.1 Å². The van der Waals surface area contributed by atoms with Gasteiger partial charge in [0, 0.05) is 19.8 Å². The summed E-state index contributed by atoms with van der Waals surface area (Å²) in [6.07, 6.45) is -0.863. The van der Waals surface area contributed by atoms with E-state index in [9.17, 15) is 18.0 Å². The van der Waals surface area contributed by atoms with Gasteiger partial charge in [0.25, 0.3) is 5.91 Å². The van der Waals surface area contributed by atoms with Gasteiger partial charge in [0.15, 0.2) is 6.10 Å². The number of nitrogens with one attached hydrogen (secondary N) is 1. The molecule has 0 saturated carbocycles. The van der Waals surface area contributed by atoms with Gasteiger partial charge in [-0.3, -0.25) is 9.59 Å². The number of hydrogen-bond acceptors (Lipinski definition) is 5. The number of carbonyl (C=O) groups is 2. The molecule has 1 N–H and O–H groups in total. The summed E-state index contributed by atoms with van der Waals surface area (Å²) in [7, 11) is -0.759. The van der Waals surface area contributed by atoms with E-state index in [2.05, 4.69) is 5.32 Å². The third-order valence-corrected chi connectivity index (χ3v) is 6.21. The van der Waals surface area contributed by atoms with Crippen molar-refractivity contribution in [2.75, 3.05) is 19.4 Å². The first-order valence-corrected chi connectivity index (χ1v) is 10.6. The van der Waals surface area contributed by atoms with E-state index in [1.54, 1.807) is 6.07 Å². The Kier molecular flexibility index (Phi) is 7.53. The van der Waals surface area contributed by atoms with Crippen LogP contribution in [0.3, 0.4) is 0 Å². The van der Waals surface area contributed by atoms with E-state index in [1.807, 2.05) is 37.3 Å². The number of carbonyl (C=O) groups excluding carboxylic acids is 2. The van der Waals surface area contributed by atoms with Gasteiger partial charge in [-0.05, 0) is 36.6 Å². The maximum Gasteiger partial charge on any atom is 0.307 e. The summed E-state index contributed by atoms with van der Waals surface area (Å²) < 4.78 is 30.7. The highest BCUT2D eigenvalue weighted by molar-refractivity contribution is 7.89. The molecule has 7 nitrogen and oxygen atoms in total. The second kappa shape index (κ2) is 9.67. The number of benzene rings is 2. The Balaban J connectivity index is 1.96. The molecule has 0 spiro atoms. The van der Waals surface area contributed by atoms with Crippen LogP contribution >= 0.6 is 0 Å². The zero-order chi connectivity index (χ0) is 21.6. The summed E-state index contributed by atoms with van der Waals surface area (Å²) in [5.41, 5.74) is 1.32. The first-order chi connectivity index (χ1) is 13.6. The Hall–Kier alpha value is -2.71. The van der Waals surface area contributed by atoms with Crippen LogP contribution in [0.4, 0.5) is 5.69 Å². The molecular weight excluding hydrogens is 392 g/mol. The van der Waals surface area contributed by atoms with Crippen LogP contribution in [0, 0.1) is 0 Å². The van der Waals surface area contributed by atoms with Crippen LogP contribution < -0.4 is 5.32 Å². The van der Waals surface area contributed by atoms with E-state index in [4.69, 9.17) is 4.74 Å². The van der Waals surface area contributed by atoms with Gasteiger partial charge in [0.05, 0.1) is 11.3 Å². The number of ether oxygens (including phenoxy) is 1. The molecule has 8 heteroatoms. The maximum absolute atomic E-state index is 12.4. The lowest BCUT2D eigenvalue weighted by molar-refractivity contribution is -0.153. The molecule has 2 aromatic carbocycles. The van der Waals surface area contributed by atoms with Gasteiger partial charge in [-0.25, -0.2) is 12.7 Å². The van der Waals surface area contributed by atoms with Crippen molar-refractivity contribution in [3.05, 3.63) is 60.2 Å². The summed E-state index contributed by atoms with van der Waals surface area (Å²) >= 11 is 0. The van der Waals surface area contributed by atoms with E-state index in [1.165, 1.54) is 39.2 Å². The van der Waals surface area contributed by atoms with Crippen LogP contribution in [0.15, 0.2) is 59.5 Å². The van der Waals surface area contributed by atoms with Crippen molar-refractivity contribution in [2.45, 2.75) is 37.2 Å². The predicted molar refractivity (Wildman–Crippen MR) is 111 cm³/mol. The van der Waals surface area contributed by atoms with E-state index in [0.29, 0.717) is 5.69 Å². The molecule has 2 atom stereocenters. The number of rotatable bonds is 8. The van der Waals surface area contributed by atoms with E-state index < -0.39 is 28.0 Å². The van der Waals surface area contributed by atoms with Crippen LogP contribution in [0.25, 0.3) is 0 Å². The molecule has 2 rings (SSSR count). The summed E-state index contributed by atoms with van der Waals surface area (Å²) in [4.78, 5) is 24.6. The molecule has 0 radical (unpaired) electrons. The number of hydrogen-bond donors (Lipinski definition) is 1. The molecule has 0 aliphatic rings. The van der Waals surface area contributed by atoms with Crippen LogP contribution in [-0.4, -0.2) is 44.8 Å². The normalized spacial score (nSPS) is 13.6. The fraction of sp³-hybridized carbons (Fsp3) is 0.333. The van der Waals surface area contributed by atoms with Gasteiger partial charge in [-0.15, -0.1) is 0 Å². The maximum atomic E-state index is 12.4. The highest BCUT2D eigenvalue weighted by Crippen LogP contribution is 2.20. The fourth-order valence-electron chi connectivity index (χ4n) is 2.64. The Morgan fingerprint density at radius 1 is 1.03 bits per heavy atom. The van der Waals surface area contributed by atoms with Crippen LogP contribution in [0.1, 0.15) is 31.7 Å². The number of amides is 1. The van der Waals surface area contributed by atoms with Crippen molar-refractivity contribution in [3.8, 4) is 0 Å². The Bertz CT molecular complexity index is 958. The molecule has 29 heavy (non-hydrogen) atoms. The fourth-order valence-corrected chi connectivity index (χ4v) is 3.59. The van der Waals surface area contributed by atoms with Crippen molar-refractivity contribution in [1.82, 2.24) is 4.31 Å². The van der Waals surface area contributed by atoms with Gasteiger partial charge in [0.1, 0.15) is 0 Å². The minimum Gasteiger partial charge on any atom is -0.453 e. The molecular formula is C21H26N2O5S. The smallest absolute Gasteiger partial charge is 0.307 e. The molecule has 0 fully saturated rings. The molecule has 1 amide bonds. The summed E-state index contributed by atoms with van der Waals surface area (Å²) in [5, 5.41) is 2.58. The van der Waals surface area contributed by atoms with Crippen LogP contribution in [0.2, 0.25) is 0 Å². The Labute approximate surface area is 171 Å². The average molecular weight is 419 g/mol. The summed E-state index contributed by atoms with van der Waals surface area (Å²) in [6, 6.07) is 15.5. The molecule has 0 saturated heterocycles. The van der Waals surface area contributed by atoms with Crippen LogP contribution in [0.5, 0.6) is 0 Å². The SMILES string of the molecule is C[C@H](OC(=O)C[C@H](C)c1ccccc1)C(=O)Nc1cccc(S(=O)(=O)N(C)C)c1. The zero-order valence-electron chi connectivity index (χ0n) is 17.0. The van der Waals surface area contributed by atoms with Gasteiger partial charge in [-0.2, -0.15) is 0 Å². The lowest BCUT2D eigenvalue weighted by Gasteiger charge is -2.16. The molecule has 0 heterocycles. The largest absolute Gasteiger partial charge is 0.453 e. The van der Waals surface area contributed by atoms with E-state index >= 15 is 0 Å². The minimum atomic E-state index is -3.62. The van der Waals surface area contributed by atoms with Gasteiger partial charge >= 0.3 is 5.97 Å². The highest BCUT2D eigenvalue weighted by atomic mass is 32.2. The first-order valence-electron chi connectivity index (χ1n) is 9.19. The number of anilines is 1. The van der Waals surface area contributed by atoms with Crippen LogP contribution in [-0.2, 0) is 24.3 Å². The van der Waals surface area contributed by atoms with Gasteiger partial charge in [0.2, 0.25) is 10.0 Å². The topological polar surface area (TPSA) is 92.8 Å². The van der Waals surface area contributed by atoms with Gasteiger partial charge in [-0.1, -0.05) is 43.3 Å². The first kappa shape index (κ1) is 22.6. The second-order valence-corrected chi connectivity index (χ2v) is 9.10. The third-order valence-electron chi connectivity index (χ3n) is 4.40. The second-order valence-electron chi connectivity index (χ2n) is 6.95. The standard InChI is InChI=1S/C21H26N2O5S/c1-15(17-9-6-5-7-10-17)13-20(24)28-16(2)21(25)22-18-11-8-12-19(14-18)29(26,27)23(3)4/h5-12,14-16H,13H2,1-4H3,(H,22,25)/t15-,16-/m0/s1. The molecule has 0 aliphatic heterocycles. The van der Waals surface area contributed by atoms with Crippen molar-refractivity contribution < 1.29 is 22.7 Å². The zero-order valence-corrected chi connectivity index (χ0v) is 17.8. The summed E-state index contributed by atoms with van der Waals surface area (Å²) in [5.74, 6) is -1.05. The molecule has 156 valence electrons. The monoisotopic (exact) mass is 418 g/mol. The Morgan fingerprint density at radius 3 is 2.31 bits per heavy atom. The predicted octanol–water partition coefficient (Wildman–Crippen LogP) is 3.00. The molecule has 2 aromatic rings. The molecule has 0 bridgehead atoms. The van der Waals surface area contributed by atoms with Crippen molar-refractivity contribution >= 4 is 27.6 Å². The van der Waals surface area contributed by atoms with E-state index in [-0.39, 0.29) is 17.2 Å². The van der Waals surface area contributed by atoms with Crippen molar-refractivity contribution in [2.24, 2.45) is 0 Å². The molecule has 0 unspecified atom stereocenters. The number of sulfonamides is 1. The van der Waals surface area contributed by atoms with Crippen molar-refractivity contribution in [3.63, 3.8) is 0 Å². The average Bonchev–Trinajstić information content (AvgIpc) is 2.68. The lowest BCUT2D eigenvalue weighted by atomic mass is 9.98. The Morgan fingerprint density at radius 2 is 1.69 bits per heavy atom. The molecule has 0 aromatic heterocycles. The lowest BCUT2D eigenvalue weighted by Crippen LogP contribution is -2.30. The molecule has 0 aliphatic carbocycles. The minimum absolute atomic E-state index is 0.0353.